The second-order valence-electron chi connectivity index (χ2n) is 10.5. The molecule has 0 bridgehead atoms. The Hall–Kier alpha value is -2.99. The summed E-state index contributed by atoms with van der Waals surface area (Å²) >= 11 is 6.54. The highest BCUT2D eigenvalue weighted by atomic mass is 35.5. The molecule has 2 N–H and O–H groups in total. The van der Waals surface area contributed by atoms with Crippen molar-refractivity contribution >= 4 is 34.1 Å². The maximum atomic E-state index is 14.1. The number of pyridine rings is 1. The van der Waals surface area contributed by atoms with Gasteiger partial charge in [-0.1, -0.05) is 11.6 Å². The molecule has 0 amide bonds. The van der Waals surface area contributed by atoms with E-state index in [0.29, 0.717) is 24.3 Å². The van der Waals surface area contributed by atoms with Crippen LogP contribution in [0.4, 0.5) is 33.6 Å². The minimum absolute atomic E-state index is 0.000154. The molecule has 5 rings (SSSR count). The number of anilines is 2. The Morgan fingerprint density at radius 3 is 2.44 bits per heavy atom. The summed E-state index contributed by atoms with van der Waals surface area (Å²) in [6, 6.07) is 4.82. The minimum atomic E-state index is -4.70. The van der Waals surface area contributed by atoms with Gasteiger partial charge < -0.3 is 15.4 Å². The largest absolute Gasteiger partial charge is 0.461 e. The SMILES string of the molecule is CN1CC(F)(F)CC1(C)COc1nc(N2CCCCC2)c2cc(Cl)c(-c3nc(N)ccc3C(F)(F)F)cc2n1. The average Bonchev–Trinajstić information content (AvgIpc) is 3.07. The van der Waals surface area contributed by atoms with Crippen LogP contribution in [-0.2, 0) is 6.18 Å². The Balaban J connectivity index is 1.61. The summed E-state index contributed by atoms with van der Waals surface area (Å²) in [6.45, 7) is 2.63. The standard InChI is InChI=1S/C26H28ClF5N6O/c1-24(12-25(28,29)13-37(24)2)14-39-23-34-19-11-15(21-17(26(30,31)32)6-7-20(33)35-21)18(27)10-16(19)22(36-23)38-8-4-3-5-9-38/h6-7,10-11H,3-5,8-9,12-14H2,1-2H3,(H2,33,35). The van der Waals surface area contributed by atoms with Crippen LogP contribution in [0.2, 0.25) is 5.02 Å². The van der Waals surface area contributed by atoms with Gasteiger partial charge in [-0.2, -0.15) is 23.1 Å². The lowest BCUT2D eigenvalue weighted by molar-refractivity contribution is -0.137. The van der Waals surface area contributed by atoms with Crippen LogP contribution < -0.4 is 15.4 Å². The van der Waals surface area contributed by atoms with E-state index in [2.05, 4.69) is 15.0 Å². The summed E-state index contributed by atoms with van der Waals surface area (Å²) in [6.07, 6.45) is -2.14. The lowest BCUT2D eigenvalue weighted by atomic mass is 9.99. The van der Waals surface area contributed by atoms with E-state index in [1.807, 2.05) is 4.90 Å². The molecule has 39 heavy (non-hydrogen) atoms. The van der Waals surface area contributed by atoms with Crippen molar-refractivity contribution in [2.24, 2.45) is 0 Å². The molecule has 2 saturated heterocycles. The van der Waals surface area contributed by atoms with Crippen LogP contribution in [0.5, 0.6) is 6.01 Å². The van der Waals surface area contributed by atoms with Crippen molar-refractivity contribution in [3.63, 3.8) is 0 Å². The number of aromatic nitrogens is 3. The van der Waals surface area contributed by atoms with Gasteiger partial charge in [-0.3, -0.25) is 4.90 Å². The van der Waals surface area contributed by atoms with Crippen molar-refractivity contribution in [1.29, 1.82) is 0 Å². The predicted octanol–water partition coefficient (Wildman–Crippen LogP) is 6.04. The number of rotatable bonds is 5. The fraction of sp³-hybridized carbons (Fsp3) is 0.500. The smallest absolute Gasteiger partial charge is 0.418 e. The molecule has 0 spiro atoms. The summed E-state index contributed by atoms with van der Waals surface area (Å²) in [7, 11) is 1.61. The number of nitrogens with zero attached hydrogens (tertiary/aromatic N) is 5. The first kappa shape index (κ1) is 27.6. The van der Waals surface area contributed by atoms with Gasteiger partial charge in [0.2, 0.25) is 0 Å². The molecule has 2 aliphatic heterocycles. The number of halogens is 6. The number of hydrogen-bond donors (Lipinski definition) is 1. The zero-order valence-electron chi connectivity index (χ0n) is 21.5. The molecule has 7 nitrogen and oxygen atoms in total. The number of benzene rings is 1. The third kappa shape index (κ3) is 5.54. The molecule has 2 fully saturated rings. The van der Waals surface area contributed by atoms with Gasteiger partial charge in [0.25, 0.3) is 5.92 Å². The van der Waals surface area contributed by atoms with Crippen molar-refractivity contribution < 1.29 is 26.7 Å². The first-order valence-electron chi connectivity index (χ1n) is 12.6. The van der Waals surface area contributed by atoms with Crippen molar-refractivity contribution in [3.8, 4) is 17.3 Å². The van der Waals surface area contributed by atoms with Gasteiger partial charge in [-0.25, -0.2) is 13.8 Å². The van der Waals surface area contributed by atoms with Crippen LogP contribution in [0.15, 0.2) is 24.3 Å². The highest BCUT2D eigenvalue weighted by molar-refractivity contribution is 6.34. The van der Waals surface area contributed by atoms with Crippen molar-refractivity contribution in [3.05, 3.63) is 34.9 Å². The second-order valence-corrected chi connectivity index (χ2v) is 10.9. The van der Waals surface area contributed by atoms with Gasteiger partial charge in [0.1, 0.15) is 18.2 Å². The molecule has 3 aromatic rings. The van der Waals surface area contributed by atoms with Crippen LogP contribution >= 0.6 is 11.6 Å². The Morgan fingerprint density at radius 2 is 1.79 bits per heavy atom. The highest BCUT2D eigenvalue weighted by Gasteiger charge is 2.51. The molecular formula is C26H28ClF5N6O. The summed E-state index contributed by atoms with van der Waals surface area (Å²) < 4.78 is 75.5. The number of piperidine rings is 1. The van der Waals surface area contributed by atoms with E-state index < -0.39 is 28.9 Å². The third-order valence-electron chi connectivity index (χ3n) is 7.42. The number of hydrogen-bond acceptors (Lipinski definition) is 7. The maximum absolute atomic E-state index is 14.1. The van der Waals surface area contributed by atoms with Gasteiger partial charge in [0.15, 0.2) is 0 Å². The van der Waals surface area contributed by atoms with Gasteiger partial charge in [0.05, 0.1) is 33.9 Å². The van der Waals surface area contributed by atoms with Crippen LogP contribution in [0.25, 0.3) is 22.2 Å². The first-order chi connectivity index (χ1) is 18.3. The molecule has 4 heterocycles. The van der Waals surface area contributed by atoms with Gasteiger partial charge in [0, 0.05) is 30.5 Å². The van der Waals surface area contributed by atoms with Crippen molar-refractivity contribution in [2.75, 3.05) is 43.9 Å². The monoisotopic (exact) mass is 570 g/mol. The zero-order valence-corrected chi connectivity index (χ0v) is 22.2. The summed E-state index contributed by atoms with van der Waals surface area (Å²) in [4.78, 5) is 16.6. The molecule has 2 aliphatic rings. The van der Waals surface area contributed by atoms with Crippen molar-refractivity contribution in [2.45, 2.75) is 50.2 Å². The number of fused-ring (bicyclic) bond motifs is 1. The van der Waals surface area contributed by atoms with Crippen LogP contribution in [-0.4, -0.2) is 64.6 Å². The topological polar surface area (TPSA) is 80.4 Å². The molecule has 1 atom stereocenters. The quantitative estimate of drug-likeness (QED) is 0.374. The number of nitrogens with two attached hydrogens (primary N) is 1. The minimum Gasteiger partial charge on any atom is -0.461 e. The molecule has 13 heteroatoms. The normalized spacial score (nSPS) is 22.0. The van der Waals surface area contributed by atoms with Crippen LogP contribution in [0.1, 0.15) is 38.2 Å². The molecule has 0 radical (unpaired) electrons. The van der Waals surface area contributed by atoms with E-state index in [4.69, 9.17) is 22.1 Å². The predicted molar refractivity (Wildman–Crippen MR) is 139 cm³/mol. The van der Waals surface area contributed by atoms with E-state index in [-0.39, 0.29) is 47.5 Å². The fourth-order valence-electron chi connectivity index (χ4n) is 5.28. The number of ether oxygens (including phenoxy) is 1. The Kier molecular flexibility index (Phi) is 6.99. The van der Waals surface area contributed by atoms with Gasteiger partial charge in [-0.05, 0) is 57.5 Å². The van der Waals surface area contributed by atoms with Crippen LogP contribution in [0.3, 0.4) is 0 Å². The van der Waals surface area contributed by atoms with Gasteiger partial charge >= 0.3 is 12.2 Å². The average molecular weight is 571 g/mol. The summed E-state index contributed by atoms with van der Waals surface area (Å²) in [5.41, 5.74) is 3.65. The van der Waals surface area contributed by atoms with Gasteiger partial charge in [-0.15, -0.1) is 0 Å². The molecule has 1 aromatic carbocycles. The molecule has 2 aromatic heterocycles. The van der Waals surface area contributed by atoms with E-state index in [0.717, 1.165) is 31.4 Å². The Morgan fingerprint density at radius 1 is 1.08 bits per heavy atom. The zero-order chi connectivity index (χ0) is 28.2. The summed E-state index contributed by atoms with van der Waals surface area (Å²) in [5, 5.41) is 0.565. The van der Waals surface area contributed by atoms with E-state index in [1.165, 1.54) is 12.1 Å². The van der Waals surface area contributed by atoms with E-state index in [9.17, 15) is 22.0 Å². The molecule has 1 unspecified atom stereocenters. The Labute approximate surface area is 227 Å². The molecule has 0 aliphatic carbocycles. The lowest BCUT2D eigenvalue weighted by Crippen LogP contribution is -2.43. The van der Waals surface area contributed by atoms with E-state index in [1.54, 1.807) is 18.9 Å². The second kappa shape index (κ2) is 9.88. The first-order valence-corrected chi connectivity index (χ1v) is 13.0. The highest BCUT2D eigenvalue weighted by Crippen LogP contribution is 2.42. The maximum Gasteiger partial charge on any atom is 0.418 e. The number of alkyl halides is 5. The van der Waals surface area contributed by atoms with E-state index >= 15 is 0 Å². The Bertz CT molecular complexity index is 1400. The lowest BCUT2D eigenvalue weighted by Gasteiger charge is -2.31. The molecular weight excluding hydrogens is 543 g/mol. The number of likely N-dealkylation sites (N-methyl/N-ethyl adjacent to an activating group) is 1. The van der Waals surface area contributed by atoms with Crippen molar-refractivity contribution in [1.82, 2.24) is 19.9 Å². The van der Waals surface area contributed by atoms with Crippen LogP contribution in [0, 0.1) is 0 Å². The summed E-state index contributed by atoms with van der Waals surface area (Å²) in [5.74, 6) is -2.42. The molecule has 0 saturated carbocycles. The fourth-order valence-corrected chi connectivity index (χ4v) is 5.53. The number of nitrogen functional groups attached to an aromatic ring is 1. The molecule has 210 valence electrons. The third-order valence-corrected chi connectivity index (χ3v) is 7.73. The number of likely N-dealkylation sites (tertiary alicyclic amines) is 1.